The van der Waals surface area contributed by atoms with E-state index in [2.05, 4.69) is 29.5 Å². The largest absolute Gasteiger partial charge is 0.411 e. The Hall–Kier alpha value is -0.810. The summed E-state index contributed by atoms with van der Waals surface area (Å²) in [7, 11) is 4.21. The summed E-state index contributed by atoms with van der Waals surface area (Å²) in [5.41, 5.74) is 0. The Morgan fingerprint density at radius 3 is 2.16 bits per heavy atom. The third-order valence-electron chi connectivity index (χ3n) is 2.76. The molecule has 0 atom stereocenters. The van der Waals surface area contributed by atoms with Crippen molar-refractivity contribution >= 4 is 24.5 Å². The molecule has 0 rings (SSSR count). The highest BCUT2D eigenvalue weighted by Gasteiger charge is 1.96. The molecule has 0 fully saturated rings. The van der Waals surface area contributed by atoms with Crippen LogP contribution in [0.5, 0.6) is 0 Å². The molecule has 0 heterocycles. The number of nitrogens with zero attached hydrogens (tertiary/aromatic N) is 2. The number of rotatable bonds is 11. The summed E-state index contributed by atoms with van der Waals surface area (Å²) in [4.78, 5) is 13.1. The van der Waals surface area contributed by atoms with E-state index >= 15 is 0 Å². The molecule has 0 saturated carbocycles. The van der Waals surface area contributed by atoms with Gasteiger partial charge in [0.15, 0.2) is 0 Å². The summed E-state index contributed by atoms with van der Waals surface area (Å²) in [5.74, 6) is -0.332. The van der Waals surface area contributed by atoms with Crippen molar-refractivity contribution in [3.05, 3.63) is 0 Å². The van der Waals surface area contributed by atoms with Gasteiger partial charge in [-0.2, -0.15) is 0 Å². The molecule has 114 valence electrons. The Bertz CT molecular complexity index is 236. The van der Waals surface area contributed by atoms with Crippen LogP contribution in [0.2, 0.25) is 0 Å². The van der Waals surface area contributed by atoms with Crippen molar-refractivity contribution in [1.29, 1.82) is 0 Å². The highest BCUT2D eigenvalue weighted by molar-refractivity contribution is 6.25. The predicted molar refractivity (Wildman–Crippen MR) is 81.4 cm³/mol. The molecule has 2 N–H and O–H groups in total. The van der Waals surface area contributed by atoms with Crippen LogP contribution in [0.25, 0.3) is 0 Å². The quantitative estimate of drug-likeness (QED) is 0.266. The number of carbonyl (C=O) groups is 1. The first-order valence-electron chi connectivity index (χ1n) is 6.77. The molecule has 0 unspecified atom stereocenters. The average molecular weight is 294 g/mol. The molecular weight excluding hydrogens is 266 g/mol. The van der Waals surface area contributed by atoms with Crippen molar-refractivity contribution in [3.63, 3.8) is 0 Å². The predicted octanol–water partition coefficient (Wildman–Crippen LogP) is 2.28. The SMILES string of the molecule is CN(C)CCCCCCCCCNC(=O)/C=N\O.Cl. The molecule has 0 aromatic carbocycles. The van der Waals surface area contributed by atoms with Gasteiger partial charge in [0, 0.05) is 6.54 Å². The lowest BCUT2D eigenvalue weighted by molar-refractivity contribution is -0.114. The Kier molecular flexibility index (Phi) is 16.5. The molecular formula is C13H28ClN3O2. The van der Waals surface area contributed by atoms with Crippen molar-refractivity contribution in [2.45, 2.75) is 44.9 Å². The number of carbonyl (C=O) groups excluding carboxylic acids is 1. The van der Waals surface area contributed by atoms with E-state index in [1.165, 1.54) is 38.6 Å². The first-order chi connectivity index (χ1) is 8.66. The van der Waals surface area contributed by atoms with Gasteiger partial charge in [0.1, 0.15) is 6.21 Å². The number of hydrogen-bond donors (Lipinski definition) is 2. The van der Waals surface area contributed by atoms with Gasteiger partial charge in [-0.1, -0.05) is 37.3 Å². The van der Waals surface area contributed by atoms with Crippen LogP contribution in [0, 0.1) is 0 Å². The second-order valence-electron chi connectivity index (χ2n) is 4.81. The fraction of sp³-hybridized carbons (Fsp3) is 0.846. The molecule has 0 bridgehead atoms. The van der Waals surface area contributed by atoms with E-state index in [-0.39, 0.29) is 18.3 Å². The summed E-state index contributed by atoms with van der Waals surface area (Å²) in [6.07, 6.45) is 9.41. The fourth-order valence-electron chi connectivity index (χ4n) is 1.75. The molecule has 0 aromatic heterocycles. The molecule has 0 aliphatic carbocycles. The van der Waals surface area contributed by atoms with Gasteiger partial charge in [0.2, 0.25) is 0 Å². The zero-order valence-electron chi connectivity index (χ0n) is 12.1. The van der Waals surface area contributed by atoms with E-state index in [1.807, 2.05) is 0 Å². The lowest BCUT2D eigenvalue weighted by atomic mass is 10.1. The first-order valence-corrected chi connectivity index (χ1v) is 6.77. The fourth-order valence-corrected chi connectivity index (χ4v) is 1.75. The van der Waals surface area contributed by atoms with Gasteiger partial charge < -0.3 is 15.4 Å². The van der Waals surface area contributed by atoms with Crippen LogP contribution >= 0.6 is 12.4 Å². The third kappa shape index (κ3) is 17.2. The molecule has 0 aromatic rings. The Labute approximate surface area is 122 Å². The number of nitrogens with one attached hydrogen (secondary N) is 1. The van der Waals surface area contributed by atoms with Gasteiger partial charge in [-0.3, -0.25) is 4.79 Å². The van der Waals surface area contributed by atoms with Gasteiger partial charge in [-0.25, -0.2) is 0 Å². The van der Waals surface area contributed by atoms with E-state index in [0.717, 1.165) is 19.1 Å². The Balaban J connectivity index is 0. The van der Waals surface area contributed by atoms with Crippen molar-refractivity contribution in [1.82, 2.24) is 10.2 Å². The Morgan fingerprint density at radius 2 is 1.63 bits per heavy atom. The lowest BCUT2D eigenvalue weighted by Gasteiger charge is -2.08. The summed E-state index contributed by atoms with van der Waals surface area (Å²) in [6.45, 7) is 1.84. The van der Waals surface area contributed by atoms with Crippen LogP contribution in [-0.2, 0) is 4.79 Å². The highest BCUT2D eigenvalue weighted by Crippen LogP contribution is 2.06. The van der Waals surface area contributed by atoms with Crippen LogP contribution in [0.4, 0.5) is 0 Å². The van der Waals surface area contributed by atoms with E-state index in [0.29, 0.717) is 6.54 Å². The standard InChI is InChI=1S/C13H27N3O2.ClH/c1-16(2)11-9-7-5-3-4-6-8-10-14-13(17)12-15-18;/h12,18H,3-11H2,1-2H3,(H,14,17);1H/b15-12-;. The summed E-state index contributed by atoms with van der Waals surface area (Å²) in [5, 5.41) is 13.4. The van der Waals surface area contributed by atoms with E-state index < -0.39 is 0 Å². The average Bonchev–Trinajstić information content (AvgIpc) is 2.31. The summed E-state index contributed by atoms with van der Waals surface area (Å²) >= 11 is 0. The number of hydrogen-bond acceptors (Lipinski definition) is 4. The van der Waals surface area contributed by atoms with Gasteiger partial charge in [0.25, 0.3) is 5.91 Å². The maximum Gasteiger partial charge on any atom is 0.265 e. The molecule has 0 radical (unpaired) electrons. The minimum Gasteiger partial charge on any atom is -0.411 e. The topological polar surface area (TPSA) is 64.9 Å². The lowest BCUT2D eigenvalue weighted by Crippen LogP contribution is -2.25. The van der Waals surface area contributed by atoms with E-state index in [4.69, 9.17) is 5.21 Å². The van der Waals surface area contributed by atoms with Crippen molar-refractivity contribution in [3.8, 4) is 0 Å². The van der Waals surface area contributed by atoms with E-state index in [9.17, 15) is 4.79 Å². The molecule has 1 amide bonds. The molecule has 6 heteroatoms. The van der Waals surface area contributed by atoms with E-state index in [1.54, 1.807) is 0 Å². The van der Waals surface area contributed by atoms with Crippen molar-refractivity contribution in [2.75, 3.05) is 27.2 Å². The smallest absolute Gasteiger partial charge is 0.265 e. The van der Waals surface area contributed by atoms with Crippen LogP contribution in [0.15, 0.2) is 5.16 Å². The maximum absolute atomic E-state index is 10.9. The minimum atomic E-state index is -0.332. The van der Waals surface area contributed by atoms with Crippen molar-refractivity contribution in [2.24, 2.45) is 5.16 Å². The molecule has 0 aliphatic rings. The van der Waals surface area contributed by atoms with Crippen LogP contribution < -0.4 is 5.32 Å². The van der Waals surface area contributed by atoms with Gasteiger partial charge >= 0.3 is 0 Å². The second-order valence-corrected chi connectivity index (χ2v) is 4.81. The molecule has 0 aliphatic heterocycles. The number of oxime groups is 1. The van der Waals surface area contributed by atoms with Gasteiger partial charge in [-0.15, -0.1) is 12.4 Å². The zero-order valence-corrected chi connectivity index (χ0v) is 12.9. The van der Waals surface area contributed by atoms with Gasteiger partial charge in [-0.05, 0) is 33.5 Å². The van der Waals surface area contributed by atoms with Crippen LogP contribution in [0.1, 0.15) is 44.9 Å². The minimum absolute atomic E-state index is 0. The van der Waals surface area contributed by atoms with Crippen LogP contribution in [0.3, 0.4) is 0 Å². The number of unbranched alkanes of at least 4 members (excludes halogenated alkanes) is 6. The number of amides is 1. The van der Waals surface area contributed by atoms with Crippen molar-refractivity contribution < 1.29 is 10.0 Å². The second kappa shape index (κ2) is 15.2. The molecule has 0 saturated heterocycles. The monoisotopic (exact) mass is 293 g/mol. The highest BCUT2D eigenvalue weighted by atomic mass is 35.5. The number of halogens is 1. The first kappa shape index (κ1) is 20.5. The zero-order chi connectivity index (χ0) is 13.6. The normalized spacial score (nSPS) is 10.7. The molecule has 0 spiro atoms. The maximum atomic E-state index is 10.9. The van der Waals surface area contributed by atoms with Crippen LogP contribution in [-0.4, -0.2) is 49.4 Å². The summed E-state index contributed by atoms with van der Waals surface area (Å²) < 4.78 is 0. The van der Waals surface area contributed by atoms with Gasteiger partial charge in [0.05, 0.1) is 0 Å². The molecule has 19 heavy (non-hydrogen) atoms. The molecule has 5 nitrogen and oxygen atoms in total. The third-order valence-corrected chi connectivity index (χ3v) is 2.76. The Morgan fingerprint density at radius 1 is 1.11 bits per heavy atom. The summed E-state index contributed by atoms with van der Waals surface area (Å²) in [6, 6.07) is 0.